The van der Waals surface area contributed by atoms with Crippen molar-refractivity contribution in [2.75, 3.05) is 13.1 Å². The molecule has 1 aliphatic heterocycles. The smallest absolute Gasteiger partial charge is 0.265 e. The molecule has 0 bridgehead atoms. The molecular formula is C13H22F2N2O. The molecule has 5 heteroatoms. The predicted molar refractivity (Wildman–Crippen MR) is 65.3 cm³/mol. The Morgan fingerprint density at radius 2 is 2.00 bits per heavy atom. The lowest BCUT2D eigenvalue weighted by Gasteiger charge is -2.35. The zero-order valence-electron chi connectivity index (χ0n) is 10.7. The molecule has 104 valence electrons. The molecular weight excluding hydrogens is 238 g/mol. The molecule has 1 aliphatic carbocycles. The summed E-state index contributed by atoms with van der Waals surface area (Å²) in [6, 6.07) is 0.0630. The van der Waals surface area contributed by atoms with Crippen molar-refractivity contribution in [3.63, 3.8) is 0 Å². The maximum absolute atomic E-state index is 13.3. The molecule has 3 nitrogen and oxygen atoms in total. The van der Waals surface area contributed by atoms with E-state index in [1.807, 2.05) is 0 Å². The van der Waals surface area contributed by atoms with Gasteiger partial charge in [-0.2, -0.15) is 0 Å². The second kappa shape index (κ2) is 5.51. The van der Waals surface area contributed by atoms with Crippen molar-refractivity contribution in [2.45, 2.75) is 56.9 Å². The first-order chi connectivity index (χ1) is 8.48. The first-order valence-corrected chi connectivity index (χ1v) is 6.89. The van der Waals surface area contributed by atoms with Gasteiger partial charge >= 0.3 is 0 Å². The van der Waals surface area contributed by atoms with Gasteiger partial charge in [-0.25, -0.2) is 8.78 Å². The summed E-state index contributed by atoms with van der Waals surface area (Å²) in [6.07, 6.45) is 4.77. The Morgan fingerprint density at radius 1 is 1.28 bits per heavy atom. The van der Waals surface area contributed by atoms with Crippen LogP contribution in [-0.4, -0.2) is 35.9 Å². The van der Waals surface area contributed by atoms with Gasteiger partial charge in [0.05, 0.1) is 6.54 Å². The SMILES string of the molecule is N[C@@H]1CCCC[C@@H]1CC(=O)N1CCCC(F)(F)C1. The van der Waals surface area contributed by atoms with Crippen LogP contribution in [0.5, 0.6) is 0 Å². The fourth-order valence-electron chi connectivity index (χ4n) is 3.02. The van der Waals surface area contributed by atoms with E-state index in [4.69, 9.17) is 5.73 Å². The molecule has 0 spiro atoms. The van der Waals surface area contributed by atoms with E-state index in [0.717, 1.165) is 25.7 Å². The average Bonchev–Trinajstić information content (AvgIpc) is 2.31. The fraction of sp³-hybridized carbons (Fsp3) is 0.923. The predicted octanol–water partition coefficient (Wildman–Crippen LogP) is 2.15. The van der Waals surface area contributed by atoms with Gasteiger partial charge in [-0.1, -0.05) is 12.8 Å². The average molecular weight is 260 g/mol. The van der Waals surface area contributed by atoms with E-state index >= 15 is 0 Å². The van der Waals surface area contributed by atoms with Crippen molar-refractivity contribution in [1.82, 2.24) is 4.90 Å². The molecule has 0 radical (unpaired) electrons. The third kappa shape index (κ3) is 3.40. The zero-order chi connectivity index (χ0) is 13.2. The summed E-state index contributed by atoms with van der Waals surface area (Å²) in [5.74, 6) is -2.67. The van der Waals surface area contributed by atoms with Gasteiger partial charge in [-0.15, -0.1) is 0 Å². The van der Waals surface area contributed by atoms with Crippen molar-refractivity contribution >= 4 is 5.91 Å². The van der Waals surface area contributed by atoms with Gasteiger partial charge in [0, 0.05) is 25.4 Å². The maximum Gasteiger partial charge on any atom is 0.265 e. The molecule has 18 heavy (non-hydrogen) atoms. The summed E-state index contributed by atoms with van der Waals surface area (Å²) >= 11 is 0. The lowest BCUT2D eigenvalue weighted by atomic mass is 9.82. The van der Waals surface area contributed by atoms with E-state index in [2.05, 4.69) is 0 Å². The lowest BCUT2D eigenvalue weighted by molar-refractivity contribution is -0.143. The Balaban J connectivity index is 1.87. The van der Waals surface area contributed by atoms with Crippen LogP contribution in [0.4, 0.5) is 8.78 Å². The Bertz CT molecular complexity index is 309. The van der Waals surface area contributed by atoms with E-state index in [0.29, 0.717) is 19.4 Å². The number of carbonyl (C=O) groups is 1. The molecule has 1 heterocycles. The number of carbonyl (C=O) groups excluding carboxylic acids is 1. The Morgan fingerprint density at radius 3 is 2.67 bits per heavy atom. The number of hydrogen-bond donors (Lipinski definition) is 1. The second-order valence-corrected chi connectivity index (χ2v) is 5.69. The highest BCUT2D eigenvalue weighted by atomic mass is 19.3. The first kappa shape index (κ1) is 13.7. The summed E-state index contributed by atoms with van der Waals surface area (Å²) in [7, 11) is 0. The van der Waals surface area contributed by atoms with Gasteiger partial charge < -0.3 is 10.6 Å². The highest BCUT2D eigenvalue weighted by molar-refractivity contribution is 5.76. The molecule has 0 aromatic rings. The van der Waals surface area contributed by atoms with Gasteiger partial charge in [0.15, 0.2) is 0 Å². The van der Waals surface area contributed by atoms with Gasteiger partial charge in [-0.05, 0) is 25.2 Å². The largest absolute Gasteiger partial charge is 0.337 e. The molecule has 2 aliphatic rings. The molecule has 0 unspecified atom stereocenters. The third-order valence-electron chi connectivity index (χ3n) is 4.15. The fourth-order valence-corrected chi connectivity index (χ4v) is 3.02. The number of hydrogen-bond acceptors (Lipinski definition) is 2. The van der Waals surface area contributed by atoms with E-state index in [1.165, 1.54) is 4.90 Å². The topological polar surface area (TPSA) is 46.3 Å². The second-order valence-electron chi connectivity index (χ2n) is 5.69. The number of nitrogens with two attached hydrogens (primary N) is 1. The van der Waals surface area contributed by atoms with Crippen LogP contribution in [0.15, 0.2) is 0 Å². The molecule has 0 aromatic carbocycles. The van der Waals surface area contributed by atoms with E-state index < -0.39 is 12.5 Å². The minimum Gasteiger partial charge on any atom is -0.337 e. The summed E-state index contributed by atoms with van der Waals surface area (Å²) < 4.78 is 26.5. The number of nitrogens with zero attached hydrogens (tertiary/aromatic N) is 1. The molecule has 1 saturated heterocycles. The van der Waals surface area contributed by atoms with Crippen LogP contribution >= 0.6 is 0 Å². The van der Waals surface area contributed by atoms with Gasteiger partial charge in [0.25, 0.3) is 5.92 Å². The van der Waals surface area contributed by atoms with E-state index in [1.54, 1.807) is 0 Å². The minimum atomic E-state index is -2.71. The zero-order valence-corrected chi connectivity index (χ0v) is 10.7. The van der Waals surface area contributed by atoms with Crippen LogP contribution in [0.1, 0.15) is 44.9 Å². The van der Waals surface area contributed by atoms with Gasteiger partial charge in [0.2, 0.25) is 5.91 Å². The number of piperidine rings is 1. The maximum atomic E-state index is 13.3. The molecule has 2 fully saturated rings. The van der Waals surface area contributed by atoms with Crippen molar-refractivity contribution < 1.29 is 13.6 Å². The first-order valence-electron chi connectivity index (χ1n) is 6.89. The highest BCUT2D eigenvalue weighted by Crippen LogP contribution is 2.29. The number of rotatable bonds is 2. The Kier molecular flexibility index (Phi) is 4.20. The van der Waals surface area contributed by atoms with Crippen LogP contribution in [0, 0.1) is 5.92 Å². The van der Waals surface area contributed by atoms with Crippen molar-refractivity contribution in [2.24, 2.45) is 11.7 Å². The van der Waals surface area contributed by atoms with Crippen LogP contribution in [0.3, 0.4) is 0 Å². The normalized spacial score (nSPS) is 32.3. The number of amides is 1. The molecule has 1 saturated carbocycles. The van der Waals surface area contributed by atoms with Crippen molar-refractivity contribution in [3.05, 3.63) is 0 Å². The number of halogens is 2. The molecule has 0 aromatic heterocycles. The van der Waals surface area contributed by atoms with Gasteiger partial charge in [0.1, 0.15) is 0 Å². The Hall–Kier alpha value is -0.710. The molecule has 1 amide bonds. The summed E-state index contributed by atoms with van der Waals surface area (Å²) in [4.78, 5) is 13.4. The van der Waals surface area contributed by atoms with Crippen LogP contribution in [-0.2, 0) is 4.79 Å². The highest BCUT2D eigenvalue weighted by Gasteiger charge is 2.37. The van der Waals surface area contributed by atoms with Crippen molar-refractivity contribution in [1.29, 1.82) is 0 Å². The van der Waals surface area contributed by atoms with Crippen LogP contribution in [0.25, 0.3) is 0 Å². The quantitative estimate of drug-likeness (QED) is 0.827. The molecule has 2 rings (SSSR count). The number of alkyl halides is 2. The number of likely N-dealkylation sites (tertiary alicyclic amines) is 1. The van der Waals surface area contributed by atoms with Crippen LogP contribution < -0.4 is 5.73 Å². The minimum absolute atomic E-state index is 0.0630. The van der Waals surface area contributed by atoms with Crippen LogP contribution in [0.2, 0.25) is 0 Å². The molecule has 2 N–H and O–H groups in total. The lowest BCUT2D eigenvalue weighted by Crippen LogP contribution is -2.47. The third-order valence-corrected chi connectivity index (χ3v) is 4.15. The van der Waals surface area contributed by atoms with Crippen molar-refractivity contribution in [3.8, 4) is 0 Å². The van der Waals surface area contributed by atoms with Gasteiger partial charge in [-0.3, -0.25) is 4.79 Å². The monoisotopic (exact) mass is 260 g/mol. The molecule has 2 atom stereocenters. The summed E-state index contributed by atoms with van der Waals surface area (Å²) in [5.41, 5.74) is 5.99. The summed E-state index contributed by atoms with van der Waals surface area (Å²) in [5, 5.41) is 0. The Labute approximate surface area is 107 Å². The summed E-state index contributed by atoms with van der Waals surface area (Å²) in [6.45, 7) is 0.0597. The van der Waals surface area contributed by atoms with E-state index in [9.17, 15) is 13.6 Å². The standard InChI is InChI=1S/C13H22F2N2O/c14-13(15)6-3-7-17(9-13)12(18)8-10-4-1-2-5-11(10)16/h10-11H,1-9,16H2/t10-,11-/m1/s1. The van der Waals surface area contributed by atoms with E-state index in [-0.39, 0.29) is 24.3 Å².